The van der Waals surface area contributed by atoms with E-state index in [2.05, 4.69) is 6.92 Å². The molecule has 0 aliphatic carbocycles. The van der Waals surface area contributed by atoms with Gasteiger partial charge in [0.15, 0.2) is 0 Å². The molecule has 0 aromatic rings. The van der Waals surface area contributed by atoms with E-state index in [1.807, 2.05) is 0 Å². The summed E-state index contributed by atoms with van der Waals surface area (Å²) in [5, 5.41) is 8.57. The standard InChI is InChI=1S/C29H60O7/c1-2-3-4-5-6-7-8-9-10-11-12-13-14-15-16-18-31-20-22-33-24-26-35-28-29-36-27-25-34-23-21-32-19-17-30/h30H,2-29H2,1H3. The fourth-order valence-electron chi connectivity index (χ4n) is 3.84. The summed E-state index contributed by atoms with van der Waals surface area (Å²) in [6.45, 7) is 9.14. The molecule has 0 aromatic carbocycles. The van der Waals surface area contributed by atoms with E-state index >= 15 is 0 Å². The number of unbranched alkanes of at least 4 members (excludes halogenated alkanes) is 14. The van der Waals surface area contributed by atoms with Gasteiger partial charge in [-0.15, -0.1) is 0 Å². The molecular formula is C29H60O7. The van der Waals surface area contributed by atoms with Crippen LogP contribution in [-0.4, -0.2) is 91.0 Å². The lowest BCUT2D eigenvalue weighted by Crippen LogP contribution is -2.14. The summed E-state index contributed by atoms with van der Waals surface area (Å²) < 4.78 is 32.5. The maximum Gasteiger partial charge on any atom is 0.0701 e. The Hall–Kier alpha value is -0.280. The summed E-state index contributed by atoms with van der Waals surface area (Å²) in [4.78, 5) is 0. The van der Waals surface area contributed by atoms with E-state index in [4.69, 9.17) is 33.5 Å². The van der Waals surface area contributed by atoms with Gasteiger partial charge in [0, 0.05) is 6.61 Å². The zero-order chi connectivity index (χ0) is 26.0. The van der Waals surface area contributed by atoms with Crippen LogP contribution in [0.15, 0.2) is 0 Å². The molecule has 0 saturated heterocycles. The molecule has 7 heteroatoms. The second-order valence-corrected chi connectivity index (χ2v) is 9.35. The second-order valence-electron chi connectivity index (χ2n) is 9.35. The third kappa shape index (κ3) is 33.7. The molecule has 0 unspecified atom stereocenters. The Labute approximate surface area is 222 Å². The van der Waals surface area contributed by atoms with Crippen molar-refractivity contribution in [2.45, 2.75) is 103 Å². The highest BCUT2D eigenvalue weighted by Gasteiger charge is 1.96. The molecule has 0 radical (unpaired) electrons. The lowest BCUT2D eigenvalue weighted by atomic mass is 10.0. The van der Waals surface area contributed by atoms with Crippen LogP contribution in [0.4, 0.5) is 0 Å². The number of hydrogen-bond donors (Lipinski definition) is 1. The van der Waals surface area contributed by atoms with Crippen LogP contribution < -0.4 is 0 Å². The summed E-state index contributed by atoms with van der Waals surface area (Å²) in [5.74, 6) is 0. The molecule has 0 aliphatic rings. The summed E-state index contributed by atoms with van der Waals surface area (Å²) in [6, 6.07) is 0. The minimum absolute atomic E-state index is 0.0432. The van der Waals surface area contributed by atoms with Gasteiger partial charge in [0.25, 0.3) is 0 Å². The number of aliphatic hydroxyl groups excluding tert-OH is 1. The second kappa shape index (κ2) is 34.7. The molecule has 1 N–H and O–H groups in total. The molecule has 36 heavy (non-hydrogen) atoms. The Balaban J connectivity index is 3.00. The van der Waals surface area contributed by atoms with Crippen molar-refractivity contribution >= 4 is 0 Å². The Morgan fingerprint density at radius 2 is 0.556 bits per heavy atom. The van der Waals surface area contributed by atoms with E-state index in [0.29, 0.717) is 72.7 Å². The van der Waals surface area contributed by atoms with Crippen LogP contribution in [0, 0.1) is 0 Å². The van der Waals surface area contributed by atoms with Crippen molar-refractivity contribution in [1.82, 2.24) is 0 Å². The number of hydrogen-bond acceptors (Lipinski definition) is 7. The highest BCUT2D eigenvalue weighted by atomic mass is 16.6. The Bertz CT molecular complexity index is 338. The number of aliphatic hydroxyl groups is 1. The van der Waals surface area contributed by atoms with Gasteiger partial charge in [-0.25, -0.2) is 0 Å². The first kappa shape index (κ1) is 35.7. The van der Waals surface area contributed by atoms with Crippen molar-refractivity contribution in [1.29, 1.82) is 0 Å². The largest absolute Gasteiger partial charge is 0.394 e. The maximum absolute atomic E-state index is 8.57. The summed E-state index contributed by atoms with van der Waals surface area (Å²) in [6.07, 6.45) is 20.8. The minimum Gasteiger partial charge on any atom is -0.394 e. The molecule has 0 aliphatic heterocycles. The molecule has 0 atom stereocenters. The van der Waals surface area contributed by atoms with Crippen LogP contribution in [0.25, 0.3) is 0 Å². The minimum atomic E-state index is 0.0432. The summed E-state index contributed by atoms with van der Waals surface area (Å²) in [7, 11) is 0. The van der Waals surface area contributed by atoms with Crippen molar-refractivity contribution in [2.24, 2.45) is 0 Å². The van der Waals surface area contributed by atoms with Crippen LogP contribution >= 0.6 is 0 Å². The van der Waals surface area contributed by atoms with Gasteiger partial charge in [-0.05, 0) is 6.42 Å². The lowest BCUT2D eigenvalue weighted by Gasteiger charge is -2.08. The fraction of sp³-hybridized carbons (Fsp3) is 1.00. The smallest absolute Gasteiger partial charge is 0.0701 e. The Kier molecular flexibility index (Phi) is 34.4. The maximum atomic E-state index is 8.57. The molecule has 0 fully saturated rings. The van der Waals surface area contributed by atoms with E-state index in [1.54, 1.807) is 0 Å². The van der Waals surface area contributed by atoms with Gasteiger partial charge in [-0.2, -0.15) is 0 Å². The highest BCUT2D eigenvalue weighted by molar-refractivity contribution is 4.49. The van der Waals surface area contributed by atoms with E-state index < -0.39 is 0 Å². The van der Waals surface area contributed by atoms with Gasteiger partial charge in [0.05, 0.1) is 79.3 Å². The van der Waals surface area contributed by atoms with Crippen molar-refractivity contribution in [2.75, 3.05) is 85.9 Å². The first-order chi connectivity index (χ1) is 17.9. The summed E-state index contributed by atoms with van der Waals surface area (Å²) in [5.41, 5.74) is 0. The normalized spacial score (nSPS) is 11.5. The zero-order valence-corrected chi connectivity index (χ0v) is 23.7. The van der Waals surface area contributed by atoms with E-state index in [-0.39, 0.29) is 6.61 Å². The van der Waals surface area contributed by atoms with Crippen molar-refractivity contribution < 1.29 is 33.5 Å². The van der Waals surface area contributed by atoms with Crippen LogP contribution in [-0.2, 0) is 28.4 Å². The van der Waals surface area contributed by atoms with Gasteiger partial charge >= 0.3 is 0 Å². The molecule has 218 valence electrons. The van der Waals surface area contributed by atoms with Crippen LogP contribution in [0.2, 0.25) is 0 Å². The van der Waals surface area contributed by atoms with E-state index in [0.717, 1.165) is 13.0 Å². The van der Waals surface area contributed by atoms with Crippen molar-refractivity contribution in [3.63, 3.8) is 0 Å². The van der Waals surface area contributed by atoms with Gasteiger partial charge < -0.3 is 33.5 Å². The summed E-state index contributed by atoms with van der Waals surface area (Å²) >= 11 is 0. The number of ether oxygens (including phenoxy) is 6. The third-order valence-corrected chi connectivity index (χ3v) is 5.99. The van der Waals surface area contributed by atoms with Crippen LogP contribution in [0.3, 0.4) is 0 Å². The molecule has 7 nitrogen and oxygen atoms in total. The quantitative estimate of drug-likeness (QED) is 0.107. The molecule has 0 bridgehead atoms. The first-order valence-corrected chi connectivity index (χ1v) is 15.0. The van der Waals surface area contributed by atoms with Crippen molar-refractivity contribution in [3.8, 4) is 0 Å². The van der Waals surface area contributed by atoms with Gasteiger partial charge in [-0.3, -0.25) is 0 Å². The lowest BCUT2D eigenvalue weighted by molar-refractivity contribution is -0.0182. The molecule has 0 spiro atoms. The molecule has 0 heterocycles. The predicted octanol–water partition coefficient (Wildman–Crippen LogP) is 5.95. The van der Waals surface area contributed by atoms with Crippen LogP contribution in [0.1, 0.15) is 103 Å². The fourth-order valence-corrected chi connectivity index (χ4v) is 3.84. The topological polar surface area (TPSA) is 75.6 Å². The van der Waals surface area contributed by atoms with Crippen LogP contribution in [0.5, 0.6) is 0 Å². The molecular weight excluding hydrogens is 460 g/mol. The van der Waals surface area contributed by atoms with Gasteiger partial charge in [0.1, 0.15) is 0 Å². The molecule has 0 amide bonds. The number of rotatable bonds is 33. The average Bonchev–Trinajstić information content (AvgIpc) is 2.89. The van der Waals surface area contributed by atoms with E-state index in [9.17, 15) is 0 Å². The Morgan fingerprint density at radius 1 is 0.306 bits per heavy atom. The molecule has 0 saturated carbocycles. The molecule has 0 aromatic heterocycles. The third-order valence-electron chi connectivity index (χ3n) is 5.99. The zero-order valence-electron chi connectivity index (χ0n) is 23.7. The first-order valence-electron chi connectivity index (χ1n) is 15.0. The average molecular weight is 521 g/mol. The SMILES string of the molecule is CCCCCCCCCCCCCCCCCOCCOCCOCCOCCOCCOCCO. The van der Waals surface area contributed by atoms with Gasteiger partial charge in [0.2, 0.25) is 0 Å². The van der Waals surface area contributed by atoms with E-state index in [1.165, 1.54) is 89.9 Å². The monoisotopic (exact) mass is 520 g/mol. The molecule has 0 rings (SSSR count). The van der Waals surface area contributed by atoms with Crippen molar-refractivity contribution in [3.05, 3.63) is 0 Å². The Morgan fingerprint density at radius 3 is 0.861 bits per heavy atom. The van der Waals surface area contributed by atoms with Gasteiger partial charge in [-0.1, -0.05) is 96.8 Å². The predicted molar refractivity (Wildman–Crippen MR) is 147 cm³/mol. The highest BCUT2D eigenvalue weighted by Crippen LogP contribution is 2.13.